The third-order valence-corrected chi connectivity index (χ3v) is 2.02. The second-order valence-corrected chi connectivity index (χ2v) is 6.66. The molecule has 0 aliphatic rings. The highest BCUT2D eigenvalue weighted by Gasteiger charge is 2.15. The molecule has 1 N–H and O–H groups in total. The average molecular weight is 259 g/mol. The van der Waals surface area contributed by atoms with Crippen LogP contribution in [-0.2, 0) is 14.3 Å². The molecule has 0 unspecified atom stereocenters. The van der Waals surface area contributed by atoms with Gasteiger partial charge in [0.05, 0.1) is 25.4 Å². The largest absolute Gasteiger partial charge is 0.377 e. The molecule has 4 heteroatoms. The highest BCUT2D eigenvalue weighted by Crippen LogP contribution is 2.17. The van der Waals surface area contributed by atoms with Gasteiger partial charge in [-0.2, -0.15) is 0 Å². The summed E-state index contributed by atoms with van der Waals surface area (Å²) in [6.45, 7) is 14.4. The van der Waals surface area contributed by atoms with Crippen LogP contribution >= 0.6 is 0 Å². The lowest BCUT2D eigenvalue weighted by molar-refractivity contribution is -0.123. The van der Waals surface area contributed by atoms with Crippen molar-refractivity contribution in [1.82, 2.24) is 5.32 Å². The van der Waals surface area contributed by atoms with Crippen molar-refractivity contribution in [2.24, 2.45) is 5.41 Å². The summed E-state index contributed by atoms with van der Waals surface area (Å²) in [5, 5.41) is 2.84. The SMILES string of the molecule is CC(C)(C)CC(=O)NCCOCCOC(C)(C)C. The highest BCUT2D eigenvalue weighted by atomic mass is 16.5. The second kappa shape index (κ2) is 7.74. The molecule has 18 heavy (non-hydrogen) atoms. The van der Waals surface area contributed by atoms with Gasteiger partial charge >= 0.3 is 0 Å². The van der Waals surface area contributed by atoms with E-state index in [-0.39, 0.29) is 16.9 Å². The number of hydrogen-bond donors (Lipinski definition) is 1. The van der Waals surface area contributed by atoms with Crippen LogP contribution < -0.4 is 5.32 Å². The van der Waals surface area contributed by atoms with Gasteiger partial charge in [-0.1, -0.05) is 20.8 Å². The fraction of sp³-hybridized carbons (Fsp3) is 0.929. The minimum atomic E-state index is -0.121. The second-order valence-electron chi connectivity index (χ2n) is 6.66. The Bertz CT molecular complexity index is 238. The first-order valence-corrected chi connectivity index (χ1v) is 6.58. The number of carbonyl (C=O) groups excluding carboxylic acids is 1. The molecule has 0 aliphatic carbocycles. The molecule has 0 radical (unpaired) electrons. The van der Waals surface area contributed by atoms with E-state index in [1.54, 1.807) is 0 Å². The van der Waals surface area contributed by atoms with Gasteiger partial charge in [-0.3, -0.25) is 4.79 Å². The summed E-state index contributed by atoms with van der Waals surface area (Å²) in [5.41, 5.74) is -0.0875. The molecule has 0 atom stereocenters. The van der Waals surface area contributed by atoms with Crippen molar-refractivity contribution in [3.63, 3.8) is 0 Å². The molecular weight excluding hydrogens is 230 g/mol. The molecule has 1 amide bonds. The number of ether oxygens (including phenoxy) is 2. The molecule has 0 heterocycles. The number of rotatable bonds is 7. The summed E-state index contributed by atoms with van der Waals surface area (Å²) in [7, 11) is 0. The zero-order chi connectivity index (χ0) is 14.2. The van der Waals surface area contributed by atoms with Crippen LogP contribution in [-0.4, -0.2) is 37.9 Å². The van der Waals surface area contributed by atoms with E-state index in [0.717, 1.165) is 0 Å². The third-order valence-electron chi connectivity index (χ3n) is 2.02. The van der Waals surface area contributed by atoms with Gasteiger partial charge in [-0.15, -0.1) is 0 Å². The van der Waals surface area contributed by atoms with E-state index in [1.807, 2.05) is 41.5 Å². The van der Waals surface area contributed by atoms with Gasteiger partial charge in [0.1, 0.15) is 0 Å². The van der Waals surface area contributed by atoms with Crippen LogP contribution in [0.25, 0.3) is 0 Å². The standard InChI is InChI=1S/C14H29NO3/c1-13(2,3)11-12(16)15-7-8-17-9-10-18-14(4,5)6/h7-11H2,1-6H3,(H,15,16). The Morgan fingerprint density at radius 3 is 2.11 bits per heavy atom. The Balaban J connectivity index is 3.39. The van der Waals surface area contributed by atoms with E-state index >= 15 is 0 Å². The van der Waals surface area contributed by atoms with Crippen LogP contribution in [0.15, 0.2) is 0 Å². The Morgan fingerprint density at radius 2 is 1.61 bits per heavy atom. The van der Waals surface area contributed by atoms with Crippen LogP contribution in [0.1, 0.15) is 48.0 Å². The van der Waals surface area contributed by atoms with Gasteiger partial charge in [0.25, 0.3) is 0 Å². The van der Waals surface area contributed by atoms with Gasteiger partial charge in [0.15, 0.2) is 0 Å². The summed E-state index contributed by atoms with van der Waals surface area (Å²) in [5.74, 6) is 0.0806. The smallest absolute Gasteiger partial charge is 0.220 e. The minimum Gasteiger partial charge on any atom is -0.377 e. The topological polar surface area (TPSA) is 47.6 Å². The van der Waals surface area contributed by atoms with Crippen molar-refractivity contribution in [3.8, 4) is 0 Å². The molecule has 0 aromatic heterocycles. The Labute approximate surface area is 111 Å². The quantitative estimate of drug-likeness (QED) is 0.714. The van der Waals surface area contributed by atoms with E-state index in [0.29, 0.717) is 32.8 Å². The number of hydrogen-bond acceptors (Lipinski definition) is 3. The number of amides is 1. The maximum absolute atomic E-state index is 11.5. The molecule has 0 aromatic rings. The lowest BCUT2D eigenvalue weighted by Crippen LogP contribution is -2.30. The molecule has 108 valence electrons. The molecule has 0 fully saturated rings. The first-order chi connectivity index (χ1) is 8.10. The van der Waals surface area contributed by atoms with Crippen molar-refractivity contribution in [3.05, 3.63) is 0 Å². The molecule has 0 rings (SSSR count). The molecule has 4 nitrogen and oxygen atoms in total. The third kappa shape index (κ3) is 13.5. The molecule has 0 aliphatic heterocycles. The zero-order valence-corrected chi connectivity index (χ0v) is 12.8. The first kappa shape index (κ1) is 17.4. The average Bonchev–Trinajstić information content (AvgIpc) is 2.11. The molecule has 0 saturated carbocycles. The number of nitrogens with one attached hydrogen (secondary N) is 1. The van der Waals surface area contributed by atoms with E-state index in [2.05, 4.69) is 5.32 Å². The molecule has 0 bridgehead atoms. The fourth-order valence-electron chi connectivity index (χ4n) is 1.32. The summed E-state index contributed by atoms with van der Waals surface area (Å²) >= 11 is 0. The minimum absolute atomic E-state index is 0.0332. The van der Waals surface area contributed by atoms with Crippen molar-refractivity contribution in [1.29, 1.82) is 0 Å². The highest BCUT2D eigenvalue weighted by molar-refractivity contribution is 5.76. The van der Waals surface area contributed by atoms with Gasteiger partial charge in [0, 0.05) is 13.0 Å². The molecule has 0 saturated heterocycles. The monoisotopic (exact) mass is 259 g/mol. The van der Waals surface area contributed by atoms with Crippen molar-refractivity contribution < 1.29 is 14.3 Å². The lowest BCUT2D eigenvalue weighted by Gasteiger charge is -2.19. The summed E-state index contributed by atoms with van der Waals surface area (Å²) < 4.78 is 10.9. The zero-order valence-electron chi connectivity index (χ0n) is 12.8. The number of carbonyl (C=O) groups is 1. The van der Waals surface area contributed by atoms with Crippen LogP contribution in [0.4, 0.5) is 0 Å². The van der Waals surface area contributed by atoms with Crippen LogP contribution in [0.5, 0.6) is 0 Å². The molecule has 0 aromatic carbocycles. The van der Waals surface area contributed by atoms with E-state index in [9.17, 15) is 4.79 Å². The molecular formula is C14H29NO3. The maximum atomic E-state index is 11.5. The Kier molecular flexibility index (Phi) is 7.48. The summed E-state index contributed by atoms with van der Waals surface area (Å²) in [6.07, 6.45) is 0.542. The van der Waals surface area contributed by atoms with Crippen LogP contribution in [0.3, 0.4) is 0 Å². The lowest BCUT2D eigenvalue weighted by atomic mass is 9.92. The van der Waals surface area contributed by atoms with E-state index in [1.165, 1.54) is 0 Å². The summed E-state index contributed by atoms with van der Waals surface area (Å²) in [4.78, 5) is 11.5. The Hall–Kier alpha value is -0.610. The maximum Gasteiger partial charge on any atom is 0.220 e. The van der Waals surface area contributed by atoms with Gasteiger partial charge in [-0.05, 0) is 26.2 Å². The predicted octanol–water partition coefficient (Wildman–Crippen LogP) is 2.37. The fourth-order valence-corrected chi connectivity index (χ4v) is 1.32. The normalized spacial score (nSPS) is 12.6. The Morgan fingerprint density at radius 1 is 1.00 bits per heavy atom. The van der Waals surface area contributed by atoms with Gasteiger partial charge < -0.3 is 14.8 Å². The van der Waals surface area contributed by atoms with Gasteiger partial charge in [-0.25, -0.2) is 0 Å². The van der Waals surface area contributed by atoms with Crippen molar-refractivity contribution in [2.45, 2.75) is 53.6 Å². The summed E-state index contributed by atoms with van der Waals surface area (Å²) in [6, 6.07) is 0. The first-order valence-electron chi connectivity index (χ1n) is 6.58. The van der Waals surface area contributed by atoms with Crippen molar-refractivity contribution in [2.75, 3.05) is 26.4 Å². The molecule has 0 spiro atoms. The van der Waals surface area contributed by atoms with Crippen LogP contribution in [0, 0.1) is 5.41 Å². The van der Waals surface area contributed by atoms with Crippen molar-refractivity contribution >= 4 is 5.91 Å². The van der Waals surface area contributed by atoms with E-state index in [4.69, 9.17) is 9.47 Å². The predicted molar refractivity (Wildman–Crippen MR) is 73.6 cm³/mol. The van der Waals surface area contributed by atoms with E-state index < -0.39 is 0 Å². The van der Waals surface area contributed by atoms with Crippen LogP contribution in [0.2, 0.25) is 0 Å². The van der Waals surface area contributed by atoms with Gasteiger partial charge in [0.2, 0.25) is 5.91 Å².